The number of ether oxygens (including phenoxy) is 1. The number of nitrogens with zero attached hydrogens (tertiary/aromatic N) is 2. The predicted molar refractivity (Wildman–Crippen MR) is 75.0 cm³/mol. The van der Waals surface area contributed by atoms with E-state index >= 15 is 0 Å². The van der Waals surface area contributed by atoms with E-state index in [0.29, 0.717) is 0 Å². The summed E-state index contributed by atoms with van der Waals surface area (Å²) in [5.74, 6) is 1.89. The molecule has 1 heterocycles. The van der Waals surface area contributed by atoms with Crippen LogP contribution in [0.5, 0.6) is 0 Å². The van der Waals surface area contributed by atoms with E-state index in [4.69, 9.17) is 4.74 Å². The summed E-state index contributed by atoms with van der Waals surface area (Å²) >= 11 is 0. The van der Waals surface area contributed by atoms with E-state index in [-0.39, 0.29) is 0 Å². The summed E-state index contributed by atoms with van der Waals surface area (Å²) in [5, 5.41) is 3.34. The summed E-state index contributed by atoms with van der Waals surface area (Å²) in [6.07, 6.45) is 5.08. The van der Waals surface area contributed by atoms with Crippen molar-refractivity contribution in [3.8, 4) is 0 Å². The zero-order valence-electron chi connectivity index (χ0n) is 11.8. The van der Waals surface area contributed by atoms with Crippen molar-refractivity contribution in [2.45, 2.75) is 46.0 Å². The van der Waals surface area contributed by atoms with E-state index in [2.05, 4.69) is 35.2 Å². The van der Waals surface area contributed by atoms with Crippen molar-refractivity contribution in [1.29, 1.82) is 0 Å². The van der Waals surface area contributed by atoms with Gasteiger partial charge in [0.1, 0.15) is 11.6 Å². The zero-order valence-corrected chi connectivity index (χ0v) is 11.8. The number of rotatable bonds is 9. The van der Waals surface area contributed by atoms with Gasteiger partial charge in [-0.15, -0.1) is 0 Å². The Morgan fingerprint density at radius 1 is 1.17 bits per heavy atom. The minimum Gasteiger partial charge on any atom is -0.385 e. The molecule has 0 fully saturated rings. The summed E-state index contributed by atoms with van der Waals surface area (Å²) in [7, 11) is 1.72. The second kappa shape index (κ2) is 8.86. The van der Waals surface area contributed by atoms with Gasteiger partial charge in [-0.1, -0.05) is 20.3 Å². The normalized spacial score (nSPS) is 10.6. The van der Waals surface area contributed by atoms with Gasteiger partial charge in [0, 0.05) is 38.4 Å². The molecule has 0 aliphatic rings. The second-order valence-corrected chi connectivity index (χ2v) is 4.43. The summed E-state index contributed by atoms with van der Waals surface area (Å²) in [6, 6.07) is 2.07. The minimum absolute atomic E-state index is 0.763. The van der Waals surface area contributed by atoms with E-state index in [1.54, 1.807) is 7.11 Å². The average Bonchev–Trinajstić information content (AvgIpc) is 2.37. The Labute approximate surface area is 110 Å². The molecule has 0 unspecified atom stereocenters. The van der Waals surface area contributed by atoms with Crippen LogP contribution in [0, 0.1) is 0 Å². The van der Waals surface area contributed by atoms with Gasteiger partial charge < -0.3 is 10.1 Å². The Bertz CT molecular complexity index is 342. The van der Waals surface area contributed by atoms with Crippen LogP contribution in [0.1, 0.15) is 44.6 Å². The fourth-order valence-electron chi connectivity index (χ4n) is 1.77. The lowest BCUT2D eigenvalue weighted by atomic mass is 10.2. The van der Waals surface area contributed by atoms with Gasteiger partial charge in [0.05, 0.1) is 0 Å². The molecule has 0 spiro atoms. The van der Waals surface area contributed by atoms with E-state index in [9.17, 15) is 0 Å². The molecule has 0 saturated carbocycles. The molecule has 0 atom stereocenters. The molecule has 4 heteroatoms. The maximum Gasteiger partial charge on any atom is 0.131 e. The fourth-order valence-corrected chi connectivity index (χ4v) is 1.77. The third-order valence-corrected chi connectivity index (χ3v) is 2.64. The van der Waals surface area contributed by atoms with Crippen LogP contribution < -0.4 is 5.32 Å². The van der Waals surface area contributed by atoms with Crippen LogP contribution in [-0.4, -0.2) is 30.2 Å². The van der Waals surface area contributed by atoms with Crippen LogP contribution in [0.3, 0.4) is 0 Å². The third kappa shape index (κ3) is 5.45. The standard InChI is InChI=1S/C14H25N3O/c1-4-7-12-11-14(15-9-5-2)17-13(16-12)8-6-10-18-3/h11H,4-10H2,1-3H3,(H,15,16,17). The van der Waals surface area contributed by atoms with Crippen molar-refractivity contribution < 1.29 is 4.74 Å². The molecule has 1 aromatic heterocycles. The Balaban J connectivity index is 2.70. The van der Waals surface area contributed by atoms with E-state index < -0.39 is 0 Å². The first-order chi connectivity index (χ1) is 8.80. The van der Waals surface area contributed by atoms with Gasteiger partial charge in [0.15, 0.2) is 0 Å². The zero-order chi connectivity index (χ0) is 13.2. The Hall–Kier alpha value is -1.16. The quantitative estimate of drug-likeness (QED) is 0.686. The number of aromatic nitrogens is 2. The Morgan fingerprint density at radius 3 is 2.67 bits per heavy atom. The highest BCUT2D eigenvalue weighted by Crippen LogP contribution is 2.10. The number of nitrogens with one attached hydrogen (secondary N) is 1. The summed E-state index contributed by atoms with van der Waals surface area (Å²) in [4.78, 5) is 9.14. The van der Waals surface area contributed by atoms with Gasteiger partial charge in [0.2, 0.25) is 0 Å². The molecule has 0 saturated heterocycles. The van der Waals surface area contributed by atoms with E-state index in [0.717, 1.165) is 62.6 Å². The molecule has 0 aliphatic heterocycles. The molecular formula is C14H25N3O. The van der Waals surface area contributed by atoms with Crippen LogP contribution >= 0.6 is 0 Å². The molecule has 0 aromatic carbocycles. The molecule has 102 valence electrons. The highest BCUT2D eigenvalue weighted by atomic mass is 16.5. The maximum atomic E-state index is 5.07. The van der Waals surface area contributed by atoms with Gasteiger partial charge in [-0.25, -0.2) is 9.97 Å². The minimum atomic E-state index is 0.763. The largest absolute Gasteiger partial charge is 0.385 e. The molecule has 0 amide bonds. The highest BCUT2D eigenvalue weighted by Gasteiger charge is 2.04. The van der Waals surface area contributed by atoms with Crippen molar-refractivity contribution in [2.75, 3.05) is 25.6 Å². The lowest BCUT2D eigenvalue weighted by molar-refractivity contribution is 0.194. The van der Waals surface area contributed by atoms with Crippen molar-refractivity contribution >= 4 is 5.82 Å². The van der Waals surface area contributed by atoms with Gasteiger partial charge in [-0.05, 0) is 19.3 Å². The topological polar surface area (TPSA) is 47.0 Å². The summed E-state index contributed by atoms with van der Waals surface area (Å²) in [5.41, 5.74) is 1.14. The number of aryl methyl sites for hydroxylation is 2. The number of hydrogen-bond acceptors (Lipinski definition) is 4. The van der Waals surface area contributed by atoms with E-state index in [1.807, 2.05) is 0 Å². The SMILES string of the molecule is CCCNc1cc(CCC)nc(CCCOC)n1. The van der Waals surface area contributed by atoms with Crippen LogP contribution in [0.15, 0.2) is 6.07 Å². The first-order valence-electron chi connectivity index (χ1n) is 6.89. The van der Waals surface area contributed by atoms with Gasteiger partial charge in [-0.3, -0.25) is 0 Å². The van der Waals surface area contributed by atoms with Crippen molar-refractivity contribution in [3.63, 3.8) is 0 Å². The molecule has 4 nitrogen and oxygen atoms in total. The van der Waals surface area contributed by atoms with Crippen LogP contribution in [0.2, 0.25) is 0 Å². The molecular weight excluding hydrogens is 226 g/mol. The lowest BCUT2D eigenvalue weighted by Crippen LogP contribution is -2.08. The molecule has 0 radical (unpaired) electrons. The Kier molecular flexibility index (Phi) is 7.34. The van der Waals surface area contributed by atoms with Crippen LogP contribution in [0.25, 0.3) is 0 Å². The predicted octanol–water partition coefficient (Wildman–Crippen LogP) is 2.83. The molecule has 18 heavy (non-hydrogen) atoms. The lowest BCUT2D eigenvalue weighted by Gasteiger charge is -2.09. The number of methoxy groups -OCH3 is 1. The first-order valence-corrected chi connectivity index (χ1v) is 6.89. The molecule has 0 aliphatic carbocycles. The number of anilines is 1. The fraction of sp³-hybridized carbons (Fsp3) is 0.714. The molecule has 1 rings (SSSR count). The monoisotopic (exact) mass is 251 g/mol. The molecule has 1 aromatic rings. The van der Waals surface area contributed by atoms with Gasteiger partial charge >= 0.3 is 0 Å². The summed E-state index contributed by atoms with van der Waals surface area (Å²) < 4.78 is 5.07. The smallest absolute Gasteiger partial charge is 0.131 e. The van der Waals surface area contributed by atoms with Crippen LogP contribution in [0.4, 0.5) is 5.82 Å². The van der Waals surface area contributed by atoms with Crippen molar-refractivity contribution in [1.82, 2.24) is 9.97 Å². The Morgan fingerprint density at radius 2 is 2.00 bits per heavy atom. The first kappa shape index (κ1) is 14.9. The molecule has 0 bridgehead atoms. The van der Waals surface area contributed by atoms with E-state index in [1.165, 1.54) is 0 Å². The highest BCUT2D eigenvalue weighted by molar-refractivity contribution is 5.36. The van der Waals surface area contributed by atoms with Crippen molar-refractivity contribution in [2.24, 2.45) is 0 Å². The second-order valence-electron chi connectivity index (χ2n) is 4.43. The maximum absolute atomic E-state index is 5.07. The van der Waals surface area contributed by atoms with Crippen molar-refractivity contribution in [3.05, 3.63) is 17.6 Å². The number of hydrogen-bond donors (Lipinski definition) is 1. The van der Waals surface area contributed by atoms with Crippen LogP contribution in [-0.2, 0) is 17.6 Å². The molecule has 1 N–H and O–H groups in total. The third-order valence-electron chi connectivity index (χ3n) is 2.64. The van der Waals surface area contributed by atoms with Gasteiger partial charge in [0.25, 0.3) is 0 Å². The van der Waals surface area contributed by atoms with Gasteiger partial charge in [-0.2, -0.15) is 0 Å². The summed E-state index contributed by atoms with van der Waals surface area (Å²) in [6.45, 7) is 6.05. The average molecular weight is 251 g/mol.